The van der Waals surface area contributed by atoms with Crippen LogP contribution >= 0.6 is 0 Å². The van der Waals surface area contributed by atoms with Crippen molar-refractivity contribution in [1.82, 2.24) is 5.32 Å². The van der Waals surface area contributed by atoms with Crippen molar-refractivity contribution in [3.05, 3.63) is 12.7 Å². The van der Waals surface area contributed by atoms with Crippen LogP contribution in [0.15, 0.2) is 17.6 Å². The molecule has 0 aromatic rings. The van der Waals surface area contributed by atoms with Crippen molar-refractivity contribution >= 4 is 5.96 Å². The number of hydrogen-bond acceptors (Lipinski definition) is 2. The molecule has 0 spiro atoms. The maximum Gasteiger partial charge on any atom is 0.188 e. The third-order valence-corrected chi connectivity index (χ3v) is 2.76. The number of nitrogens with zero attached hydrogens (tertiary/aromatic N) is 1. The summed E-state index contributed by atoms with van der Waals surface area (Å²) in [6, 6.07) is 0. The van der Waals surface area contributed by atoms with Crippen molar-refractivity contribution in [3.63, 3.8) is 0 Å². The van der Waals surface area contributed by atoms with E-state index in [4.69, 9.17) is 5.73 Å². The van der Waals surface area contributed by atoms with Gasteiger partial charge in [0.1, 0.15) is 0 Å². The highest BCUT2D eigenvalue weighted by molar-refractivity contribution is 5.77. The molecule has 0 saturated heterocycles. The number of nitrogens with one attached hydrogen (secondary N) is 1. The minimum absolute atomic E-state index is 0.383. The molecule has 1 fully saturated rings. The van der Waals surface area contributed by atoms with Crippen LogP contribution in [-0.2, 0) is 0 Å². The fourth-order valence-electron chi connectivity index (χ4n) is 1.83. The SMILES string of the molecule is C=CCNC(N)=NCC1(O)CCCCC1. The fourth-order valence-corrected chi connectivity index (χ4v) is 1.83. The lowest BCUT2D eigenvalue weighted by Gasteiger charge is -2.30. The molecule has 0 aromatic carbocycles. The molecular formula is C11H21N3O. The van der Waals surface area contributed by atoms with E-state index in [1.807, 2.05) is 0 Å². The molecule has 0 bridgehead atoms. The van der Waals surface area contributed by atoms with Crippen molar-refractivity contribution in [2.24, 2.45) is 10.7 Å². The molecule has 0 unspecified atom stereocenters. The van der Waals surface area contributed by atoms with Gasteiger partial charge in [0.15, 0.2) is 5.96 Å². The second-order valence-electron chi connectivity index (χ2n) is 4.16. The molecule has 0 radical (unpaired) electrons. The Bertz CT molecular complexity index is 232. The van der Waals surface area contributed by atoms with E-state index in [9.17, 15) is 5.11 Å². The van der Waals surface area contributed by atoms with Crippen LogP contribution in [0.5, 0.6) is 0 Å². The standard InChI is InChI=1S/C11H21N3O/c1-2-8-13-10(12)14-9-11(15)6-4-3-5-7-11/h2,15H,1,3-9H2,(H3,12,13,14). The van der Waals surface area contributed by atoms with Crippen LogP contribution < -0.4 is 11.1 Å². The zero-order chi connectivity index (χ0) is 11.1. The first kappa shape index (κ1) is 12.0. The average molecular weight is 211 g/mol. The van der Waals surface area contributed by atoms with Crippen molar-refractivity contribution < 1.29 is 5.11 Å². The summed E-state index contributed by atoms with van der Waals surface area (Å²) in [4.78, 5) is 4.14. The molecule has 1 aliphatic rings. The zero-order valence-corrected chi connectivity index (χ0v) is 9.21. The van der Waals surface area contributed by atoms with E-state index in [0.29, 0.717) is 19.0 Å². The maximum absolute atomic E-state index is 10.1. The van der Waals surface area contributed by atoms with Gasteiger partial charge in [-0.15, -0.1) is 6.58 Å². The third-order valence-electron chi connectivity index (χ3n) is 2.76. The summed E-state index contributed by atoms with van der Waals surface area (Å²) in [7, 11) is 0. The van der Waals surface area contributed by atoms with Crippen LogP contribution in [0.4, 0.5) is 0 Å². The highest BCUT2D eigenvalue weighted by atomic mass is 16.3. The molecule has 0 aromatic heterocycles. The molecule has 4 N–H and O–H groups in total. The summed E-state index contributed by atoms with van der Waals surface area (Å²) < 4.78 is 0. The molecular weight excluding hydrogens is 190 g/mol. The predicted octanol–water partition coefficient (Wildman–Crippen LogP) is 0.772. The van der Waals surface area contributed by atoms with Crippen molar-refractivity contribution in [3.8, 4) is 0 Å². The van der Waals surface area contributed by atoms with E-state index in [2.05, 4.69) is 16.9 Å². The number of aliphatic hydroxyl groups is 1. The monoisotopic (exact) mass is 211 g/mol. The normalized spacial score (nSPS) is 21.0. The Labute approximate surface area is 91.3 Å². The molecule has 0 amide bonds. The van der Waals surface area contributed by atoms with E-state index in [-0.39, 0.29) is 0 Å². The molecule has 86 valence electrons. The second kappa shape index (κ2) is 5.75. The van der Waals surface area contributed by atoms with Gasteiger partial charge < -0.3 is 16.2 Å². The Morgan fingerprint density at radius 3 is 2.73 bits per heavy atom. The quantitative estimate of drug-likeness (QED) is 0.365. The maximum atomic E-state index is 10.1. The number of hydrogen-bond donors (Lipinski definition) is 3. The van der Waals surface area contributed by atoms with Crippen molar-refractivity contribution in [2.75, 3.05) is 13.1 Å². The van der Waals surface area contributed by atoms with Gasteiger partial charge in [-0.25, -0.2) is 0 Å². The number of rotatable bonds is 4. The smallest absolute Gasteiger partial charge is 0.188 e. The fraction of sp³-hybridized carbons (Fsp3) is 0.727. The summed E-state index contributed by atoms with van der Waals surface area (Å²) >= 11 is 0. The van der Waals surface area contributed by atoms with Crippen molar-refractivity contribution in [1.29, 1.82) is 0 Å². The first-order valence-electron chi connectivity index (χ1n) is 5.53. The van der Waals surface area contributed by atoms with Crippen LogP contribution in [0.25, 0.3) is 0 Å². The molecule has 1 saturated carbocycles. The van der Waals surface area contributed by atoms with E-state index in [1.54, 1.807) is 6.08 Å². The Morgan fingerprint density at radius 2 is 2.13 bits per heavy atom. The van der Waals surface area contributed by atoms with Gasteiger partial charge in [0.2, 0.25) is 0 Å². The Kier molecular flexibility index (Phi) is 4.62. The zero-order valence-electron chi connectivity index (χ0n) is 9.21. The van der Waals surface area contributed by atoms with Crippen LogP contribution in [0.3, 0.4) is 0 Å². The summed E-state index contributed by atoms with van der Waals surface area (Å²) in [5.41, 5.74) is 4.99. The van der Waals surface area contributed by atoms with Crippen LogP contribution in [0.2, 0.25) is 0 Å². The summed E-state index contributed by atoms with van der Waals surface area (Å²) in [5.74, 6) is 0.383. The molecule has 1 aliphatic carbocycles. The molecule has 15 heavy (non-hydrogen) atoms. The van der Waals surface area contributed by atoms with Crippen LogP contribution in [-0.4, -0.2) is 29.8 Å². The molecule has 0 atom stereocenters. The molecule has 4 heteroatoms. The third kappa shape index (κ3) is 4.34. The second-order valence-corrected chi connectivity index (χ2v) is 4.16. The summed E-state index contributed by atoms with van der Waals surface area (Å²) in [5, 5.41) is 13.0. The number of aliphatic imine (C=N–C) groups is 1. The van der Waals surface area contributed by atoms with Gasteiger partial charge >= 0.3 is 0 Å². The molecule has 0 heterocycles. The Morgan fingerprint density at radius 1 is 1.47 bits per heavy atom. The van der Waals surface area contributed by atoms with Gasteiger partial charge in [0.25, 0.3) is 0 Å². The Balaban J connectivity index is 2.35. The van der Waals surface area contributed by atoms with Crippen LogP contribution in [0, 0.1) is 0 Å². The minimum atomic E-state index is -0.626. The van der Waals surface area contributed by atoms with Gasteiger partial charge in [-0.2, -0.15) is 0 Å². The predicted molar refractivity (Wildman–Crippen MR) is 62.7 cm³/mol. The van der Waals surface area contributed by atoms with Gasteiger partial charge in [-0.3, -0.25) is 4.99 Å². The summed E-state index contributed by atoms with van der Waals surface area (Å²) in [6.07, 6.45) is 6.79. The van der Waals surface area contributed by atoms with Gasteiger partial charge in [0.05, 0.1) is 12.1 Å². The highest BCUT2D eigenvalue weighted by Crippen LogP contribution is 2.27. The van der Waals surface area contributed by atoms with Gasteiger partial charge in [-0.05, 0) is 12.8 Å². The van der Waals surface area contributed by atoms with Crippen LogP contribution in [0.1, 0.15) is 32.1 Å². The molecule has 0 aliphatic heterocycles. The lowest BCUT2D eigenvalue weighted by atomic mass is 9.85. The van der Waals surface area contributed by atoms with E-state index < -0.39 is 5.60 Å². The van der Waals surface area contributed by atoms with Gasteiger partial charge in [0, 0.05) is 6.54 Å². The number of nitrogens with two attached hydrogens (primary N) is 1. The van der Waals surface area contributed by atoms with Gasteiger partial charge in [-0.1, -0.05) is 25.3 Å². The number of guanidine groups is 1. The molecule has 4 nitrogen and oxygen atoms in total. The largest absolute Gasteiger partial charge is 0.388 e. The highest BCUT2D eigenvalue weighted by Gasteiger charge is 2.28. The first-order chi connectivity index (χ1) is 7.16. The van der Waals surface area contributed by atoms with E-state index in [0.717, 1.165) is 25.7 Å². The lowest BCUT2D eigenvalue weighted by Crippen LogP contribution is -2.38. The minimum Gasteiger partial charge on any atom is -0.388 e. The van der Waals surface area contributed by atoms with E-state index >= 15 is 0 Å². The molecule has 1 rings (SSSR count). The lowest BCUT2D eigenvalue weighted by molar-refractivity contribution is 0.0132. The topological polar surface area (TPSA) is 70.6 Å². The average Bonchev–Trinajstić information content (AvgIpc) is 2.25. The van der Waals surface area contributed by atoms with Crippen molar-refractivity contribution in [2.45, 2.75) is 37.7 Å². The van der Waals surface area contributed by atoms with E-state index in [1.165, 1.54) is 6.42 Å². The first-order valence-corrected chi connectivity index (χ1v) is 5.53. The summed E-state index contributed by atoms with van der Waals surface area (Å²) in [6.45, 7) is 4.58. The Hall–Kier alpha value is -1.03.